The molecule has 176 valence electrons. The summed E-state index contributed by atoms with van der Waals surface area (Å²) in [5.74, 6) is -0.703. The van der Waals surface area contributed by atoms with Crippen LogP contribution in [0.3, 0.4) is 0 Å². The summed E-state index contributed by atoms with van der Waals surface area (Å²) in [5, 5.41) is 20.2. The zero-order valence-electron chi connectivity index (χ0n) is 19.4. The van der Waals surface area contributed by atoms with Crippen LogP contribution in [-0.4, -0.2) is 39.7 Å². The van der Waals surface area contributed by atoms with Gasteiger partial charge in [0, 0.05) is 10.8 Å². The van der Waals surface area contributed by atoms with Gasteiger partial charge in [-0.3, -0.25) is 4.79 Å². The number of benzene rings is 1. The van der Waals surface area contributed by atoms with E-state index in [4.69, 9.17) is 4.74 Å². The molecular weight excluding hydrogens is 408 g/mol. The standard InChI is InChI=1S/C26H42O4S/c1-3-4-5-6-7-8-9-10-11-12-16-19-23-24(22(28)20-27)26(2,25(29)30-23)31-21-17-14-13-15-18-21/h13-15,17-18,22-24,27-28H,3-12,16,19-20H2,1-2H3/t22-,23-,24-,26-/m1/s1. The van der Waals surface area contributed by atoms with Gasteiger partial charge in [0.15, 0.2) is 0 Å². The second kappa shape index (κ2) is 14.2. The largest absolute Gasteiger partial charge is 0.461 e. The van der Waals surface area contributed by atoms with E-state index in [1.165, 1.54) is 69.5 Å². The molecule has 5 heteroatoms. The summed E-state index contributed by atoms with van der Waals surface area (Å²) in [6.07, 6.45) is 13.4. The van der Waals surface area contributed by atoms with Crippen molar-refractivity contribution < 1.29 is 19.7 Å². The maximum atomic E-state index is 12.8. The van der Waals surface area contributed by atoms with E-state index in [9.17, 15) is 15.0 Å². The maximum absolute atomic E-state index is 12.8. The van der Waals surface area contributed by atoms with Gasteiger partial charge in [0.1, 0.15) is 10.9 Å². The number of thioether (sulfide) groups is 1. The third kappa shape index (κ3) is 8.11. The van der Waals surface area contributed by atoms with Crippen LogP contribution in [0.15, 0.2) is 35.2 Å². The first-order valence-corrected chi connectivity index (χ1v) is 13.1. The van der Waals surface area contributed by atoms with E-state index < -0.39 is 16.8 Å². The number of hydrogen-bond donors (Lipinski definition) is 2. The molecule has 1 aliphatic heterocycles. The number of unbranched alkanes of at least 4 members (excludes halogenated alkanes) is 10. The molecular formula is C26H42O4S. The Hall–Kier alpha value is -1.04. The second-order valence-electron chi connectivity index (χ2n) is 9.07. The van der Waals surface area contributed by atoms with Gasteiger partial charge in [-0.1, -0.05) is 89.3 Å². The van der Waals surface area contributed by atoms with Crippen LogP contribution in [0, 0.1) is 5.92 Å². The smallest absolute Gasteiger partial charge is 0.323 e. The van der Waals surface area contributed by atoms with E-state index >= 15 is 0 Å². The Morgan fingerprint density at radius 1 is 0.968 bits per heavy atom. The van der Waals surface area contributed by atoms with Crippen LogP contribution < -0.4 is 0 Å². The van der Waals surface area contributed by atoms with Crippen LogP contribution in [0.1, 0.15) is 90.9 Å². The summed E-state index contributed by atoms with van der Waals surface area (Å²) in [6.45, 7) is 3.74. The molecule has 1 aromatic rings. The number of hydrogen-bond acceptors (Lipinski definition) is 5. The third-order valence-electron chi connectivity index (χ3n) is 6.47. The minimum atomic E-state index is -0.967. The van der Waals surface area contributed by atoms with Crippen LogP contribution >= 0.6 is 11.8 Å². The van der Waals surface area contributed by atoms with Crippen molar-refractivity contribution in [2.75, 3.05) is 6.61 Å². The average molecular weight is 451 g/mol. The lowest BCUT2D eigenvalue weighted by Gasteiger charge is -2.31. The zero-order valence-corrected chi connectivity index (χ0v) is 20.2. The molecule has 2 rings (SSSR count). The molecule has 0 unspecified atom stereocenters. The van der Waals surface area contributed by atoms with E-state index in [0.717, 1.165) is 24.2 Å². The molecule has 4 atom stereocenters. The first-order valence-electron chi connectivity index (χ1n) is 12.3. The minimum Gasteiger partial charge on any atom is -0.461 e. The van der Waals surface area contributed by atoms with Gasteiger partial charge in [-0.05, 0) is 31.9 Å². The first kappa shape index (κ1) is 26.2. The zero-order chi connectivity index (χ0) is 22.5. The normalized spacial score (nSPS) is 24.3. The Morgan fingerprint density at radius 3 is 2.06 bits per heavy atom. The Balaban J connectivity index is 1.77. The third-order valence-corrected chi connectivity index (χ3v) is 7.84. The Morgan fingerprint density at radius 2 is 1.52 bits per heavy atom. The second-order valence-corrected chi connectivity index (χ2v) is 10.6. The van der Waals surface area contributed by atoms with Crippen molar-refractivity contribution in [3.8, 4) is 0 Å². The van der Waals surface area contributed by atoms with Crippen LogP contribution in [0.25, 0.3) is 0 Å². The van der Waals surface area contributed by atoms with Crippen molar-refractivity contribution in [1.29, 1.82) is 0 Å². The molecule has 0 spiro atoms. The van der Waals surface area contributed by atoms with Crippen LogP contribution in [0.5, 0.6) is 0 Å². The molecule has 2 N–H and O–H groups in total. The molecule has 31 heavy (non-hydrogen) atoms. The molecule has 0 saturated carbocycles. The topological polar surface area (TPSA) is 66.8 Å². The van der Waals surface area contributed by atoms with Gasteiger partial charge in [0.2, 0.25) is 0 Å². The molecule has 1 aromatic carbocycles. The predicted octanol–water partition coefficient (Wildman–Crippen LogP) is 6.13. The number of aliphatic hydroxyl groups is 2. The van der Waals surface area contributed by atoms with Gasteiger partial charge in [0.25, 0.3) is 0 Å². The molecule has 0 aromatic heterocycles. The molecule has 0 amide bonds. The molecule has 1 fully saturated rings. The van der Waals surface area contributed by atoms with Crippen molar-refractivity contribution in [1.82, 2.24) is 0 Å². The van der Waals surface area contributed by atoms with Crippen molar-refractivity contribution in [2.24, 2.45) is 5.92 Å². The monoisotopic (exact) mass is 450 g/mol. The van der Waals surface area contributed by atoms with E-state index in [2.05, 4.69) is 6.92 Å². The fourth-order valence-corrected chi connectivity index (χ4v) is 6.00. The molecule has 0 radical (unpaired) electrons. The summed E-state index contributed by atoms with van der Waals surface area (Å²) >= 11 is 1.43. The quantitative estimate of drug-likeness (QED) is 0.234. The van der Waals surface area contributed by atoms with Gasteiger partial charge in [-0.25, -0.2) is 0 Å². The van der Waals surface area contributed by atoms with Gasteiger partial charge in [0.05, 0.1) is 12.7 Å². The average Bonchev–Trinajstić information content (AvgIpc) is 3.01. The van der Waals surface area contributed by atoms with E-state index in [1.54, 1.807) is 0 Å². The lowest BCUT2D eigenvalue weighted by atomic mass is 9.84. The highest BCUT2D eigenvalue weighted by Crippen LogP contribution is 2.48. The molecule has 4 nitrogen and oxygen atoms in total. The summed E-state index contributed by atoms with van der Waals surface area (Å²) in [7, 11) is 0. The van der Waals surface area contributed by atoms with Gasteiger partial charge in [-0.15, -0.1) is 11.8 Å². The molecule has 0 bridgehead atoms. The van der Waals surface area contributed by atoms with Gasteiger partial charge >= 0.3 is 5.97 Å². The van der Waals surface area contributed by atoms with Crippen LogP contribution in [-0.2, 0) is 9.53 Å². The molecule has 1 saturated heterocycles. The lowest BCUT2D eigenvalue weighted by molar-refractivity contribution is -0.143. The Labute approximate surface area is 193 Å². The van der Waals surface area contributed by atoms with E-state index in [1.807, 2.05) is 37.3 Å². The highest BCUT2D eigenvalue weighted by molar-refractivity contribution is 8.01. The van der Waals surface area contributed by atoms with Crippen molar-refractivity contribution in [3.05, 3.63) is 30.3 Å². The number of cyclic esters (lactones) is 1. The van der Waals surface area contributed by atoms with Gasteiger partial charge in [-0.2, -0.15) is 0 Å². The molecule has 0 aliphatic carbocycles. The summed E-state index contributed by atoms with van der Waals surface area (Å²) < 4.78 is 4.85. The summed E-state index contributed by atoms with van der Waals surface area (Å²) in [5.41, 5.74) is 0. The highest BCUT2D eigenvalue weighted by Gasteiger charge is 2.57. The van der Waals surface area contributed by atoms with Crippen molar-refractivity contribution in [2.45, 2.75) is 113 Å². The van der Waals surface area contributed by atoms with Gasteiger partial charge < -0.3 is 14.9 Å². The number of carbonyl (C=O) groups is 1. The number of carbonyl (C=O) groups excluding carboxylic acids is 1. The first-order chi connectivity index (χ1) is 15.0. The van der Waals surface area contributed by atoms with E-state index in [0.29, 0.717) is 0 Å². The fraction of sp³-hybridized carbons (Fsp3) is 0.731. The van der Waals surface area contributed by atoms with E-state index in [-0.39, 0.29) is 18.7 Å². The molecule has 1 aliphatic rings. The lowest BCUT2D eigenvalue weighted by Crippen LogP contribution is -2.44. The predicted molar refractivity (Wildman–Crippen MR) is 128 cm³/mol. The van der Waals surface area contributed by atoms with Crippen LogP contribution in [0.2, 0.25) is 0 Å². The van der Waals surface area contributed by atoms with Crippen molar-refractivity contribution >= 4 is 17.7 Å². The number of rotatable bonds is 16. The van der Waals surface area contributed by atoms with Crippen molar-refractivity contribution in [3.63, 3.8) is 0 Å². The Kier molecular flexibility index (Phi) is 12.0. The number of esters is 1. The summed E-state index contributed by atoms with van der Waals surface area (Å²) in [4.78, 5) is 13.8. The number of ether oxygens (including phenoxy) is 1. The van der Waals surface area contributed by atoms with Crippen LogP contribution in [0.4, 0.5) is 0 Å². The maximum Gasteiger partial charge on any atom is 0.323 e. The SMILES string of the molecule is CCCCCCCCCCCCC[C@H]1OC(=O)[C@](C)(Sc2ccccc2)[C@@H]1[C@H](O)CO. The number of aliphatic hydroxyl groups excluding tert-OH is 2. The highest BCUT2D eigenvalue weighted by atomic mass is 32.2. The minimum absolute atomic E-state index is 0.285. The molecule has 1 heterocycles. The Bertz CT molecular complexity index is 623. The summed E-state index contributed by atoms with van der Waals surface area (Å²) in [6, 6.07) is 9.73. The fourth-order valence-electron chi connectivity index (χ4n) is 4.64.